The molecule has 7 heteroatoms. The van der Waals surface area contributed by atoms with Crippen molar-refractivity contribution in [2.24, 2.45) is 11.8 Å². The number of hydrogen-bond donors (Lipinski definition) is 2. The Labute approximate surface area is 206 Å². The van der Waals surface area contributed by atoms with Crippen molar-refractivity contribution in [3.05, 3.63) is 77.0 Å². The molecule has 4 rings (SSSR count). The van der Waals surface area contributed by atoms with Crippen LogP contribution in [0, 0.1) is 11.8 Å². The Balaban J connectivity index is 1.47. The standard InChI is InChI=1S/C27H31N3O3S/c1-16(2)15-33-26(32)23-17(3)30(4)27(34)29-24(23)19-10-12-20(13-11-19)28-25(31)22-14-21(22)18-8-6-5-7-9-18/h5-13,16,21-22,24H,14-15H2,1-4H3,(H,28,31)(H,29,34). The first-order valence-electron chi connectivity index (χ1n) is 11.6. The van der Waals surface area contributed by atoms with Crippen LogP contribution in [0.5, 0.6) is 0 Å². The number of esters is 1. The molecule has 2 N–H and O–H groups in total. The van der Waals surface area contributed by atoms with Gasteiger partial charge in [0.15, 0.2) is 5.11 Å². The van der Waals surface area contributed by atoms with Crippen LogP contribution in [0.4, 0.5) is 5.69 Å². The SMILES string of the molecule is CC1=C(C(=O)OCC(C)C)C(c2ccc(NC(=O)C3CC3c3ccccc3)cc2)NC(=S)N1C. The van der Waals surface area contributed by atoms with Gasteiger partial charge < -0.3 is 20.3 Å². The van der Waals surface area contributed by atoms with E-state index in [2.05, 4.69) is 22.8 Å². The molecule has 1 heterocycles. The minimum Gasteiger partial charge on any atom is -0.462 e. The molecule has 1 aliphatic heterocycles. The summed E-state index contributed by atoms with van der Waals surface area (Å²) in [5.74, 6) is 0.222. The van der Waals surface area contributed by atoms with Gasteiger partial charge in [0.1, 0.15) is 0 Å². The molecule has 0 saturated heterocycles. The van der Waals surface area contributed by atoms with Gasteiger partial charge in [0.05, 0.1) is 18.2 Å². The number of carbonyl (C=O) groups is 2. The molecule has 2 aliphatic rings. The number of nitrogens with zero attached hydrogens (tertiary/aromatic N) is 1. The number of carbonyl (C=O) groups excluding carboxylic acids is 2. The fourth-order valence-corrected chi connectivity index (χ4v) is 4.47. The normalized spacial score (nSPS) is 21.9. The molecular weight excluding hydrogens is 446 g/mol. The second kappa shape index (κ2) is 9.97. The van der Waals surface area contributed by atoms with Gasteiger partial charge in [-0.1, -0.05) is 56.3 Å². The molecule has 3 unspecified atom stereocenters. The van der Waals surface area contributed by atoms with Crippen LogP contribution in [0.15, 0.2) is 65.9 Å². The highest BCUT2D eigenvalue weighted by Crippen LogP contribution is 2.47. The minimum absolute atomic E-state index is 0.00270. The summed E-state index contributed by atoms with van der Waals surface area (Å²) in [5.41, 5.74) is 4.12. The molecule has 1 saturated carbocycles. The van der Waals surface area contributed by atoms with Crippen LogP contribution < -0.4 is 10.6 Å². The number of allylic oxidation sites excluding steroid dienone is 1. The van der Waals surface area contributed by atoms with E-state index < -0.39 is 6.04 Å². The first-order chi connectivity index (χ1) is 16.3. The maximum Gasteiger partial charge on any atom is 0.338 e. The lowest BCUT2D eigenvalue weighted by Gasteiger charge is -2.35. The Morgan fingerprint density at radius 1 is 1.12 bits per heavy atom. The second-order valence-corrected chi connectivity index (χ2v) is 9.79. The molecule has 3 atom stereocenters. The van der Waals surface area contributed by atoms with E-state index in [1.165, 1.54) is 5.56 Å². The van der Waals surface area contributed by atoms with Crippen molar-refractivity contribution in [3.63, 3.8) is 0 Å². The van der Waals surface area contributed by atoms with Crippen molar-refractivity contribution in [3.8, 4) is 0 Å². The average molecular weight is 478 g/mol. The van der Waals surface area contributed by atoms with E-state index >= 15 is 0 Å². The number of nitrogens with one attached hydrogen (secondary N) is 2. The third kappa shape index (κ3) is 5.14. The topological polar surface area (TPSA) is 70.7 Å². The van der Waals surface area contributed by atoms with Gasteiger partial charge in [0.25, 0.3) is 0 Å². The van der Waals surface area contributed by atoms with Crippen LogP contribution in [0.2, 0.25) is 0 Å². The molecule has 1 aliphatic carbocycles. The molecule has 178 valence electrons. The van der Waals surface area contributed by atoms with E-state index in [9.17, 15) is 9.59 Å². The highest BCUT2D eigenvalue weighted by Gasteiger charge is 2.43. The second-order valence-electron chi connectivity index (χ2n) is 9.40. The summed E-state index contributed by atoms with van der Waals surface area (Å²) in [7, 11) is 1.83. The van der Waals surface area contributed by atoms with Gasteiger partial charge in [-0.15, -0.1) is 0 Å². The molecule has 1 fully saturated rings. The van der Waals surface area contributed by atoms with Crippen LogP contribution in [0.1, 0.15) is 50.3 Å². The highest BCUT2D eigenvalue weighted by atomic mass is 32.1. The number of ether oxygens (including phenoxy) is 1. The summed E-state index contributed by atoms with van der Waals surface area (Å²) in [5, 5.41) is 6.83. The fraction of sp³-hybridized carbons (Fsp3) is 0.370. The molecule has 1 amide bonds. The summed E-state index contributed by atoms with van der Waals surface area (Å²) in [6.07, 6.45) is 0.872. The molecule has 0 radical (unpaired) electrons. The number of benzene rings is 2. The maximum absolute atomic E-state index is 12.9. The lowest BCUT2D eigenvalue weighted by Crippen LogP contribution is -2.46. The third-order valence-corrected chi connectivity index (χ3v) is 6.78. The average Bonchev–Trinajstić information content (AvgIpc) is 3.63. The highest BCUT2D eigenvalue weighted by molar-refractivity contribution is 7.80. The number of anilines is 1. The first kappa shape index (κ1) is 24.0. The van der Waals surface area contributed by atoms with E-state index in [1.807, 2.05) is 70.3 Å². The molecule has 2 aromatic rings. The summed E-state index contributed by atoms with van der Waals surface area (Å²) >= 11 is 5.47. The van der Waals surface area contributed by atoms with Crippen LogP contribution in [-0.2, 0) is 14.3 Å². The van der Waals surface area contributed by atoms with Gasteiger partial charge >= 0.3 is 5.97 Å². The number of thiocarbonyl (C=S) groups is 1. The zero-order valence-electron chi connectivity index (χ0n) is 20.0. The van der Waals surface area contributed by atoms with E-state index in [-0.39, 0.29) is 29.6 Å². The Bertz CT molecular complexity index is 1110. The maximum atomic E-state index is 12.9. The van der Waals surface area contributed by atoms with E-state index in [1.54, 1.807) is 4.90 Å². The van der Waals surface area contributed by atoms with Gasteiger partial charge in [-0.25, -0.2) is 4.79 Å². The Kier molecular flexibility index (Phi) is 7.03. The monoisotopic (exact) mass is 477 g/mol. The van der Waals surface area contributed by atoms with Gasteiger partial charge in [-0.2, -0.15) is 0 Å². The van der Waals surface area contributed by atoms with E-state index in [0.717, 1.165) is 23.4 Å². The van der Waals surface area contributed by atoms with Gasteiger partial charge in [-0.3, -0.25) is 4.79 Å². The van der Waals surface area contributed by atoms with Crippen molar-refractivity contribution in [1.82, 2.24) is 10.2 Å². The van der Waals surface area contributed by atoms with Crippen molar-refractivity contribution < 1.29 is 14.3 Å². The third-order valence-electron chi connectivity index (χ3n) is 6.39. The van der Waals surface area contributed by atoms with Gasteiger partial charge in [-0.05, 0) is 60.7 Å². The van der Waals surface area contributed by atoms with Crippen LogP contribution in [0.25, 0.3) is 0 Å². The molecular formula is C27H31N3O3S. The smallest absolute Gasteiger partial charge is 0.338 e. The van der Waals surface area contributed by atoms with Crippen molar-refractivity contribution in [2.45, 2.75) is 39.2 Å². The summed E-state index contributed by atoms with van der Waals surface area (Å²) in [6, 6.07) is 17.3. The minimum atomic E-state index is -0.418. The molecule has 0 aromatic heterocycles. The lowest BCUT2D eigenvalue weighted by atomic mass is 9.95. The Morgan fingerprint density at radius 2 is 1.79 bits per heavy atom. The molecule has 34 heavy (non-hydrogen) atoms. The van der Waals surface area contributed by atoms with Crippen molar-refractivity contribution in [2.75, 3.05) is 19.0 Å². The zero-order valence-corrected chi connectivity index (χ0v) is 20.8. The van der Waals surface area contributed by atoms with Gasteiger partial charge in [0.2, 0.25) is 5.91 Å². The summed E-state index contributed by atoms with van der Waals surface area (Å²) in [6.45, 7) is 6.23. The van der Waals surface area contributed by atoms with Crippen LogP contribution >= 0.6 is 12.2 Å². The predicted octanol–water partition coefficient (Wildman–Crippen LogP) is 4.76. The zero-order chi connectivity index (χ0) is 24.4. The number of rotatable bonds is 7. The number of hydrogen-bond acceptors (Lipinski definition) is 4. The fourth-order valence-electron chi connectivity index (χ4n) is 4.22. The Hall–Kier alpha value is -3.19. The Morgan fingerprint density at radius 3 is 2.44 bits per heavy atom. The number of amides is 1. The molecule has 2 aromatic carbocycles. The predicted molar refractivity (Wildman–Crippen MR) is 137 cm³/mol. The van der Waals surface area contributed by atoms with Crippen molar-refractivity contribution in [1.29, 1.82) is 0 Å². The lowest BCUT2D eigenvalue weighted by molar-refractivity contribution is -0.140. The molecule has 6 nitrogen and oxygen atoms in total. The summed E-state index contributed by atoms with van der Waals surface area (Å²) < 4.78 is 5.54. The van der Waals surface area contributed by atoms with E-state index in [0.29, 0.717) is 17.3 Å². The van der Waals surface area contributed by atoms with E-state index in [4.69, 9.17) is 17.0 Å². The van der Waals surface area contributed by atoms with Crippen molar-refractivity contribution >= 4 is 34.9 Å². The summed E-state index contributed by atoms with van der Waals surface area (Å²) in [4.78, 5) is 27.4. The largest absolute Gasteiger partial charge is 0.462 e. The van der Waals surface area contributed by atoms with Crippen LogP contribution in [0.3, 0.4) is 0 Å². The molecule has 0 bridgehead atoms. The van der Waals surface area contributed by atoms with Crippen LogP contribution in [-0.4, -0.2) is 35.5 Å². The quantitative estimate of drug-likeness (QED) is 0.443. The van der Waals surface area contributed by atoms with Gasteiger partial charge in [0, 0.05) is 24.4 Å². The molecule has 0 spiro atoms. The first-order valence-corrected chi connectivity index (χ1v) is 12.0.